The van der Waals surface area contributed by atoms with Gasteiger partial charge in [-0.1, -0.05) is 18.2 Å². The Kier molecular flexibility index (Phi) is 3.14. The van der Waals surface area contributed by atoms with E-state index in [1.54, 1.807) is 0 Å². The molecule has 1 aliphatic rings. The highest BCUT2D eigenvalue weighted by atomic mass is 16.3. The van der Waals surface area contributed by atoms with Gasteiger partial charge in [-0.15, -0.1) is 0 Å². The maximum Gasteiger partial charge on any atom is 0.333 e. The van der Waals surface area contributed by atoms with Crippen LogP contribution >= 0.6 is 0 Å². The zero-order valence-electron chi connectivity index (χ0n) is 13.5. The standard InChI is InChI=1S/C17H18N4O3/c1-20-15(22)12(16(23)21(2)17(20)24)14-13-10(7-8-18-14)9-5-3-4-6-11(9)19-13/h3-6,14,18-19,22H,7-8H2,1-2H3. The Morgan fingerprint density at radius 3 is 2.71 bits per heavy atom. The third kappa shape index (κ3) is 1.88. The zero-order chi connectivity index (χ0) is 17.0. The maximum absolute atomic E-state index is 12.6. The van der Waals surface area contributed by atoms with Crippen molar-refractivity contribution in [1.82, 2.24) is 19.4 Å². The second kappa shape index (κ2) is 5.10. The first kappa shape index (κ1) is 14.8. The SMILES string of the molecule is Cn1c(O)c(C2NCCc3c2[nH]c2ccccc32)c(=O)n(C)c1=O. The molecule has 24 heavy (non-hydrogen) atoms. The van der Waals surface area contributed by atoms with E-state index >= 15 is 0 Å². The molecular weight excluding hydrogens is 308 g/mol. The Hall–Kier alpha value is -2.80. The van der Waals surface area contributed by atoms with Gasteiger partial charge in [0.2, 0.25) is 5.88 Å². The first-order valence-electron chi connectivity index (χ1n) is 7.82. The summed E-state index contributed by atoms with van der Waals surface area (Å²) in [5.74, 6) is -0.299. The van der Waals surface area contributed by atoms with Gasteiger partial charge < -0.3 is 15.4 Å². The minimum Gasteiger partial charge on any atom is -0.494 e. The van der Waals surface area contributed by atoms with Crippen molar-refractivity contribution < 1.29 is 5.11 Å². The lowest BCUT2D eigenvalue weighted by Crippen LogP contribution is -2.42. The predicted molar refractivity (Wildman–Crippen MR) is 90.4 cm³/mol. The van der Waals surface area contributed by atoms with E-state index < -0.39 is 17.3 Å². The fraction of sp³-hybridized carbons (Fsp3) is 0.294. The number of benzene rings is 1. The zero-order valence-corrected chi connectivity index (χ0v) is 13.5. The number of hydrogen-bond donors (Lipinski definition) is 3. The quantitative estimate of drug-likeness (QED) is 0.607. The summed E-state index contributed by atoms with van der Waals surface area (Å²) < 4.78 is 2.11. The summed E-state index contributed by atoms with van der Waals surface area (Å²) in [6, 6.07) is 7.49. The number of fused-ring (bicyclic) bond motifs is 3. The first-order valence-corrected chi connectivity index (χ1v) is 7.82. The molecule has 0 amide bonds. The van der Waals surface area contributed by atoms with Gasteiger partial charge in [-0.05, 0) is 18.1 Å². The van der Waals surface area contributed by atoms with Crippen LogP contribution < -0.4 is 16.6 Å². The molecule has 3 heterocycles. The first-order chi connectivity index (χ1) is 11.5. The summed E-state index contributed by atoms with van der Waals surface area (Å²) in [5.41, 5.74) is 2.16. The fourth-order valence-electron chi connectivity index (χ4n) is 3.54. The van der Waals surface area contributed by atoms with Gasteiger partial charge in [0.05, 0.1) is 6.04 Å². The van der Waals surface area contributed by atoms with Crippen molar-refractivity contribution in [3.05, 3.63) is 61.9 Å². The van der Waals surface area contributed by atoms with Crippen LogP contribution in [0.4, 0.5) is 0 Å². The maximum atomic E-state index is 12.6. The van der Waals surface area contributed by atoms with Crippen molar-refractivity contribution >= 4 is 10.9 Å². The molecule has 0 saturated heterocycles. The van der Waals surface area contributed by atoms with Crippen molar-refractivity contribution in [2.75, 3.05) is 6.54 Å². The van der Waals surface area contributed by atoms with Crippen LogP contribution in [0.25, 0.3) is 10.9 Å². The molecule has 0 radical (unpaired) electrons. The van der Waals surface area contributed by atoms with Gasteiger partial charge in [0.15, 0.2) is 0 Å². The van der Waals surface area contributed by atoms with Crippen LogP contribution in [0.3, 0.4) is 0 Å². The summed E-state index contributed by atoms with van der Waals surface area (Å²) in [6.45, 7) is 0.685. The smallest absolute Gasteiger partial charge is 0.333 e. The molecule has 124 valence electrons. The van der Waals surface area contributed by atoms with Gasteiger partial charge in [0.25, 0.3) is 5.56 Å². The highest BCUT2D eigenvalue weighted by Gasteiger charge is 2.31. The van der Waals surface area contributed by atoms with Crippen molar-refractivity contribution in [2.45, 2.75) is 12.5 Å². The van der Waals surface area contributed by atoms with E-state index in [9.17, 15) is 14.7 Å². The van der Waals surface area contributed by atoms with Gasteiger partial charge in [-0.3, -0.25) is 13.9 Å². The van der Waals surface area contributed by atoms with Crippen LogP contribution in [0.1, 0.15) is 22.9 Å². The van der Waals surface area contributed by atoms with E-state index in [4.69, 9.17) is 0 Å². The molecule has 3 aromatic rings. The molecule has 7 heteroatoms. The lowest BCUT2D eigenvalue weighted by atomic mass is 9.95. The van der Waals surface area contributed by atoms with Crippen molar-refractivity contribution in [3.8, 4) is 5.88 Å². The molecule has 3 N–H and O–H groups in total. The van der Waals surface area contributed by atoms with E-state index in [0.29, 0.717) is 6.54 Å². The van der Waals surface area contributed by atoms with E-state index in [2.05, 4.69) is 10.3 Å². The minimum atomic E-state index is -0.547. The summed E-state index contributed by atoms with van der Waals surface area (Å²) in [6.07, 6.45) is 0.836. The minimum absolute atomic E-state index is 0.187. The Labute approximate surface area is 137 Å². The van der Waals surface area contributed by atoms with Crippen LogP contribution in [0.15, 0.2) is 33.9 Å². The van der Waals surface area contributed by atoms with E-state index in [1.807, 2.05) is 24.3 Å². The molecule has 0 fully saturated rings. The topological polar surface area (TPSA) is 92.0 Å². The average molecular weight is 326 g/mol. The number of para-hydroxylation sites is 1. The van der Waals surface area contributed by atoms with Crippen molar-refractivity contribution in [2.24, 2.45) is 14.1 Å². The molecule has 0 saturated carbocycles. The van der Waals surface area contributed by atoms with Crippen LogP contribution in [0.2, 0.25) is 0 Å². The summed E-state index contributed by atoms with van der Waals surface area (Å²) in [4.78, 5) is 28.0. The summed E-state index contributed by atoms with van der Waals surface area (Å²) in [5, 5.41) is 14.8. The van der Waals surface area contributed by atoms with Gasteiger partial charge in [0.1, 0.15) is 5.56 Å². The largest absolute Gasteiger partial charge is 0.494 e. The third-order valence-corrected chi connectivity index (χ3v) is 4.81. The van der Waals surface area contributed by atoms with Crippen molar-refractivity contribution in [3.63, 3.8) is 0 Å². The van der Waals surface area contributed by atoms with E-state index in [1.165, 1.54) is 14.1 Å². The molecule has 2 aromatic heterocycles. The van der Waals surface area contributed by atoms with Gasteiger partial charge >= 0.3 is 5.69 Å². The molecule has 1 atom stereocenters. The third-order valence-electron chi connectivity index (χ3n) is 4.81. The number of aromatic nitrogens is 3. The molecule has 1 aliphatic heterocycles. The molecule has 0 aliphatic carbocycles. The van der Waals surface area contributed by atoms with Gasteiger partial charge in [-0.25, -0.2) is 4.79 Å². The van der Waals surface area contributed by atoms with E-state index in [0.717, 1.165) is 37.7 Å². The average Bonchev–Trinajstić information content (AvgIpc) is 2.98. The van der Waals surface area contributed by atoms with Crippen LogP contribution in [-0.2, 0) is 20.5 Å². The van der Waals surface area contributed by atoms with Gasteiger partial charge in [-0.2, -0.15) is 0 Å². The number of nitrogens with one attached hydrogen (secondary N) is 2. The number of aromatic amines is 1. The van der Waals surface area contributed by atoms with Crippen LogP contribution in [0, 0.1) is 0 Å². The highest BCUT2D eigenvalue weighted by molar-refractivity contribution is 5.85. The fourth-order valence-corrected chi connectivity index (χ4v) is 3.54. The Bertz CT molecular complexity index is 1070. The molecule has 7 nitrogen and oxygen atoms in total. The normalized spacial score (nSPS) is 17.2. The number of nitrogens with zero attached hydrogens (tertiary/aromatic N) is 2. The van der Waals surface area contributed by atoms with Crippen molar-refractivity contribution in [1.29, 1.82) is 0 Å². The van der Waals surface area contributed by atoms with Gasteiger partial charge in [0, 0.05) is 37.2 Å². The number of hydrogen-bond acceptors (Lipinski definition) is 4. The Morgan fingerprint density at radius 1 is 1.17 bits per heavy atom. The molecule has 4 rings (SSSR count). The second-order valence-corrected chi connectivity index (χ2v) is 6.14. The molecule has 0 bridgehead atoms. The highest BCUT2D eigenvalue weighted by Crippen LogP contribution is 2.34. The molecule has 1 unspecified atom stereocenters. The molecule has 1 aromatic carbocycles. The number of H-pyrrole nitrogens is 1. The second-order valence-electron chi connectivity index (χ2n) is 6.14. The van der Waals surface area contributed by atoms with Crippen LogP contribution in [0.5, 0.6) is 5.88 Å². The molecule has 0 spiro atoms. The number of aromatic hydroxyl groups is 1. The summed E-state index contributed by atoms with van der Waals surface area (Å²) >= 11 is 0. The monoisotopic (exact) mass is 326 g/mol. The van der Waals surface area contributed by atoms with Crippen LogP contribution in [-0.4, -0.2) is 25.8 Å². The Morgan fingerprint density at radius 2 is 1.92 bits per heavy atom. The summed E-state index contributed by atoms with van der Waals surface area (Å²) in [7, 11) is 2.87. The Balaban J connectivity index is 2.02. The lowest BCUT2D eigenvalue weighted by molar-refractivity contribution is 0.391. The van der Waals surface area contributed by atoms with E-state index in [-0.39, 0.29) is 11.4 Å². The number of rotatable bonds is 1. The lowest BCUT2D eigenvalue weighted by Gasteiger charge is -2.25. The predicted octanol–water partition coefficient (Wildman–Crippen LogP) is 0.506. The molecular formula is C17H18N4O3.